The van der Waals surface area contributed by atoms with Crippen molar-refractivity contribution in [1.29, 1.82) is 0 Å². The molecule has 2 unspecified atom stereocenters. The highest BCUT2D eigenvalue weighted by Gasteiger charge is 2.32. The number of rotatable bonds is 3. The average molecular weight is 271 g/mol. The minimum atomic E-state index is -2.75. The summed E-state index contributed by atoms with van der Waals surface area (Å²) < 4.78 is 25.6. The van der Waals surface area contributed by atoms with Crippen LogP contribution in [0.25, 0.3) is 0 Å². The van der Waals surface area contributed by atoms with Crippen LogP contribution >= 0.6 is 0 Å². The van der Waals surface area contributed by atoms with E-state index in [2.05, 4.69) is 5.32 Å². The molecule has 1 fully saturated rings. The van der Waals surface area contributed by atoms with Gasteiger partial charge in [0.25, 0.3) is 6.43 Å². The first-order valence-corrected chi connectivity index (χ1v) is 5.98. The third-order valence-corrected chi connectivity index (χ3v) is 3.40. The van der Waals surface area contributed by atoms with Crippen LogP contribution in [-0.4, -0.2) is 22.7 Å². The molecular weight excluding hydrogens is 256 g/mol. The smallest absolute Gasteiger partial charge is 0.307 e. The quantitative estimate of drug-likeness (QED) is 0.789. The summed E-state index contributed by atoms with van der Waals surface area (Å²) in [5.41, 5.74) is 0.554. The molecule has 6 heteroatoms. The van der Waals surface area contributed by atoms with Crippen LogP contribution in [0.3, 0.4) is 0 Å². The molecule has 104 valence electrons. The number of benzene rings is 1. The standard InChI is InChI=1S/C13H15F2NO3/c1-6-2-8(11(17)9(3-6)12(14)15)10-4-7(5-16-10)13(18)19/h2-3,7,10,12,16-17H,4-5H2,1H3,(H,18,19). The number of hydrogen-bond donors (Lipinski definition) is 3. The highest BCUT2D eigenvalue weighted by molar-refractivity contribution is 5.71. The fraction of sp³-hybridized carbons (Fsp3) is 0.462. The summed E-state index contributed by atoms with van der Waals surface area (Å²) in [7, 11) is 0. The Balaban J connectivity index is 2.33. The molecule has 4 nitrogen and oxygen atoms in total. The molecule has 1 aromatic carbocycles. The molecule has 2 atom stereocenters. The molecule has 19 heavy (non-hydrogen) atoms. The van der Waals surface area contributed by atoms with Crippen molar-refractivity contribution in [3.05, 3.63) is 28.8 Å². The fourth-order valence-corrected chi connectivity index (χ4v) is 2.43. The maximum Gasteiger partial charge on any atom is 0.307 e. The SMILES string of the molecule is Cc1cc(C(F)F)c(O)c(C2CC(C(=O)O)CN2)c1. The molecule has 1 aromatic rings. The van der Waals surface area contributed by atoms with Gasteiger partial charge in [-0.1, -0.05) is 11.6 Å². The zero-order valence-electron chi connectivity index (χ0n) is 10.4. The van der Waals surface area contributed by atoms with Crippen molar-refractivity contribution in [2.45, 2.75) is 25.8 Å². The Morgan fingerprint density at radius 1 is 1.47 bits per heavy atom. The molecule has 0 spiro atoms. The molecule has 0 amide bonds. The zero-order valence-corrected chi connectivity index (χ0v) is 10.4. The van der Waals surface area contributed by atoms with Gasteiger partial charge in [0, 0.05) is 18.2 Å². The van der Waals surface area contributed by atoms with E-state index in [0.29, 0.717) is 11.1 Å². The highest BCUT2D eigenvalue weighted by Crippen LogP contribution is 2.39. The molecule has 2 rings (SSSR count). The minimum Gasteiger partial charge on any atom is -0.507 e. The fourth-order valence-electron chi connectivity index (χ4n) is 2.43. The predicted molar refractivity (Wildman–Crippen MR) is 64.3 cm³/mol. The first-order chi connectivity index (χ1) is 8.90. The van der Waals surface area contributed by atoms with Crippen molar-refractivity contribution < 1.29 is 23.8 Å². The lowest BCUT2D eigenvalue weighted by Crippen LogP contribution is -2.17. The predicted octanol–water partition coefficient (Wildman–Crippen LogP) is 2.37. The monoisotopic (exact) mass is 271 g/mol. The van der Waals surface area contributed by atoms with Crippen LogP contribution in [0.15, 0.2) is 12.1 Å². The van der Waals surface area contributed by atoms with Crippen LogP contribution in [0.2, 0.25) is 0 Å². The number of hydrogen-bond acceptors (Lipinski definition) is 3. The summed E-state index contributed by atoms with van der Waals surface area (Å²) >= 11 is 0. The highest BCUT2D eigenvalue weighted by atomic mass is 19.3. The summed E-state index contributed by atoms with van der Waals surface area (Å²) in [4.78, 5) is 10.9. The average Bonchev–Trinajstić information content (AvgIpc) is 2.80. The van der Waals surface area contributed by atoms with Crippen molar-refractivity contribution >= 4 is 5.97 Å². The maximum absolute atomic E-state index is 12.8. The Hall–Kier alpha value is -1.69. The van der Waals surface area contributed by atoms with Gasteiger partial charge in [-0.05, 0) is 19.4 Å². The van der Waals surface area contributed by atoms with Gasteiger partial charge in [-0.3, -0.25) is 4.79 Å². The minimum absolute atomic E-state index is 0.275. The van der Waals surface area contributed by atoms with Gasteiger partial charge in [0.2, 0.25) is 0 Å². The van der Waals surface area contributed by atoms with Gasteiger partial charge in [0.05, 0.1) is 11.5 Å². The van der Waals surface area contributed by atoms with Crippen LogP contribution in [0.4, 0.5) is 8.78 Å². The van der Waals surface area contributed by atoms with Gasteiger partial charge in [0.1, 0.15) is 5.75 Å². The molecule has 0 radical (unpaired) electrons. The van der Waals surface area contributed by atoms with Gasteiger partial charge < -0.3 is 15.5 Å². The number of phenols is 1. The maximum atomic E-state index is 12.8. The summed E-state index contributed by atoms with van der Waals surface area (Å²) in [6.45, 7) is 1.94. The normalized spacial score (nSPS) is 22.9. The van der Waals surface area contributed by atoms with Crippen molar-refractivity contribution in [2.24, 2.45) is 5.92 Å². The van der Waals surface area contributed by atoms with Gasteiger partial charge in [-0.15, -0.1) is 0 Å². The van der Waals surface area contributed by atoms with Crippen LogP contribution in [-0.2, 0) is 4.79 Å². The molecule has 0 aliphatic carbocycles. The number of carboxylic acids is 1. The van der Waals surface area contributed by atoms with Crippen LogP contribution in [0.1, 0.15) is 35.6 Å². The van der Waals surface area contributed by atoms with E-state index in [1.54, 1.807) is 13.0 Å². The third kappa shape index (κ3) is 2.68. The topological polar surface area (TPSA) is 69.6 Å². The van der Waals surface area contributed by atoms with E-state index in [9.17, 15) is 18.7 Å². The molecule has 0 aromatic heterocycles. The second-order valence-corrected chi connectivity index (χ2v) is 4.82. The first-order valence-electron chi connectivity index (χ1n) is 5.98. The lowest BCUT2D eigenvalue weighted by atomic mass is 9.95. The largest absolute Gasteiger partial charge is 0.507 e. The van der Waals surface area contributed by atoms with Crippen LogP contribution in [0.5, 0.6) is 5.75 Å². The third-order valence-electron chi connectivity index (χ3n) is 3.40. The second-order valence-electron chi connectivity index (χ2n) is 4.82. The number of aryl methyl sites for hydroxylation is 1. The van der Waals surface area contributed by atoms with Crippen molar-refractivity contribution in [2.75, 3.05) is 6.54 Å². The van der Waals surface area contributed by atoms with E-state index >= 15 is 0 Å². The molecule has 3 N–H and O–H groups in total. The second kappa shape index (κ2) is 5.13. The summed E-state index contributed by atoms with van der Waals surface area (Å²) in [6, 6.07) is 2.45. The van der Waals surface area contributed by atoms with Crippen LogP contribution in [0, 0.1) is 12.8 Å². The summed E-state index contributed by atoms with van der Waals surface area (Å²) in [6.07, 6.45) is -2.47. The van der Waals surface area contributed by atoms with Crippen molar-refractivity contribution in [3.8, 4) is 5.75 Å². The Morgan fingerprint density at radius 3 is 2.68 bits per heavy atom. The zero-order chi connectivity index (χ0) is 14.2. The van der Waals surface area contributed by atoms with E-state index < -0.39 is 35.7 Å². The van der Waals surface area contributed by atoms with Crippen LogP contribution < -0.4 is 5.32 Å². The Bertz CT molecular complexity index is 505. The Kier molecular flexibility index (Phi) is 3.71. The lowest BCUT2D eigenvalue weighted by Gasteiger charge is -2.16. The van der Waals surface area contributed by atoms with Gasteiger partial charge in [-0.2, -0.15) is 0 Å². The van der Waals surface area contributed by atoms with E-state index in [1.165, 1.54) is 6.07 Å². The van der Waals surface area contributed by atoms with Crippen molar-refractivity contribution in [3.63, 3.8) is 0 Å². The van der Waals surface area contributed by atoms with Gasteiger partial charge in [0.15, 0.2) is 0 Å². The number of aromatic hydroxyl groups is 1. The van der Waals surface area contributed by atoms with Gasteiger partial charge >= 0.3 is 5.97 Å². The molecule has 0 saturated carbocycles. The molecule has 0 bridgehead atoms. The number of halogens is 2. The molecule has 1 aliphatic heterocycles. The molecular formula is C13H15F2NO3. The Labute approximate surface area is 109 Å². The number of phenolic OH excluding ortho intramolecular Hbond substituents is 1. The van der Waals surface area contributed by atoms with Gasteiger partial charge in [-0.25, -0.2) is 8.78 Å². The number of aliphatic carboxylic acids is 1. The van der Waals surface area contributed by atoms with E-state index in [4.69, 9.17) is 5.11 Å². The molecule has 1 aliphatic rings. The van der Waals surface area contributed by atoms with E-state index in [0.717, 1.165) is 0 Å². The van der Waals surface area contributed by atoms with E-state index in [1.807, 2.05) is 0 Å². The van der Waals surface area contributed by atoms with E-state index in [-0.39, 0.29) is 13.0 Å². The van der Waals surface area contributed by atoms with Crippen molar-refractivity contribution in [1.82, 2.24) is 5.32 Å². The first kappa shape index (κ1) is 13.7. The number of alkyl halides is 2. The molecule has 1 heterocycles. The number of carbonyl (C=O) groups is 1. The lowest BCUT2D eigenvalue weighted by molar-refractivity contribution is -0.141. The summed E-state index contributed by atoms with van der Waals surface area (Å²) in [5.74, 6) is -1.92. The molecule has 1 saturated heterocycles. The number of nitrogens with one attached hydrogen (secondary N) is 1. The summed E-state index contributed by atoms with van der Waals surface area (Å²) in [5, 5.41) is 21.8. The number of carboxylic acid groups (broad SMARTS) is 1. The Morgan fingerprint density at radius 2 is 2.16 bits per heavy atom.